The third-order valence-corrected chi connectivity index (χ3v) is 2.09. The maximum absolute atomic E-state index is 5.35. The van der Waals surface area contributed by atoms with E-state index in [-0.39, 0.29) is 0 Å². The van der Waals surface area contributed by atoms with Gasteiger partial charge in [-0.2, -0.15) is 4.98 Å². The number of imidazole rings is 1. The third-order valence-electron chi connectivity index (χ3n) is 2.09. The second kappa shape index (κ2) is 5.29. The number of hydrogen-bond acceptors (Lipinski definition) is 5. The molecule has 0 fully saturated rings. The van der Waals surface area contributed by atoms with Crippen molar-refractivity contribution in [3.05, 3.63) is 30.0 Å². The van der Waals surface area contributed by atoms with Gasteiger partial charge in [0, 0.05) is 24.2 Å². The molecule has 0 atom stereocenters. The van der Waals surface area contributed by atoms with Crippen molar-refractivity contribution in [3.63, 3.8) is 0 Å². The molecule has 0 bridgehead atoms. The molecule has 0 radical (unpaired) electrons. The van der Waals surface area contributed by atoms with Gasteiger partial charge in [0.1, 0.15) is 5.82 Å². The maximum atomic E-state index is 5.35. The number of nitrogens with one attached hydrogen (secondary N) is 2. The summed E-state index contributed by atoms with van der Waals surface area (Å²) in [7, 11) is 0. The van der Waals surface area contributed by atoms with Crippen LogP contribution in [-0.2, 0) is 6.54 Å². The van der Waals surface area contributed by atoms with Crippen molar-refractivity contribution >= 4 is 5.95 Å². The van der Waals surface area contributed by atoms with E-state index in [2.05, 4.69) is 25.3 Å². The van der Waals surface area contributed by atoms with Crippen molar-refractivity contribution in [3.8, 4) is 5.88 Å². The van der Waals surface area contributed by atoms with Gasteiger partial charge in [-0.05, 0) is 13.8 Å². The number of nitrogens with zero attached hydrogens (tertiary/aromatic N) is 3. The molecule has 0 saturated carbocycles. The first kappa shape index (κ1) is 11.4. The van der Waals surface area contributed by atoms with E-state index in [0.717, 1.165) is 11.5 Å². The topological polar surface area (TPSA) is 75.7 Å². The van der Waals surface area contributed by atoms with Crippen LogP contribution in [0.15, 0.2) is 18.5 Å². The van der Waals surface area contributed by atoms with E-state index < -0.39 is 0 Å². The monoisotopic (exact) mass is 233 g/mol. The zero-order chi connectivity index (χ0) is 12.1. The van der Waals surface area contributed by atoms with Crippen molar-refractivity contribution in [1.82, 2.24) is 19.9 Å². The van der Waals surface area contributed by atoms with Crippen LogP contribution in [0.1, 0.15) is 18.4 Å². The second-order valence-electron chi connectivity index (χ2n) is 3.49. The Labute approximate surface area is 99.5 Å². The summed E-state index contributed by atoms with van der Waals surface area (Å²) in [6, 6.07) is 1.81. The Kier molecular flexibility index (Phi) is 3.54. The molecule has 90 valence electrons. The lowest BCUT2D eigenvalue weighted by atomic mass is 10.4. The SMILES string of the molecule is CCOc1cc(C)nc(NCc2ncc[nH]2)n1. The molecule has 0 aromatic carbocycles. The normalized spacial score (nSPS) is 10.2. The van der Waals surface area contributed by atoms with E-state index in [1.54, 1.807) is 12.4 Å². The zero-order valence-corrected chi connectivity index (χ0v) is 9.90. The van der Waals surface area contributed by atoms with Crippen LogP contribution in [0.2, 0.25) is 0 Å². The maximum Gasteiger partial charge on any atom is 0.226 e. The summed E-state index contributed by atoms with van der Waals surface area (Å²) in [4.78, 5) is 15.6. The number of H-pyrrole nitrogens is 1. The Balaban J connectivity index is 2.04. The average molecular weight is 233 g/mol. The summed E-state index contributed by atoms with van der Waals surface area (Å²) in [6.07, 6.45) is 3.49. The van der Waals surface area contributed by atoms with Crippen LogP contribution in [-0.4, -0.2) is 26.5 Å². The quantitative estimate of drug-likeness (QED) is 0.818. The first-order chi connectivity index (χ1) is 8.28. The van der Waals surface area contributed by atoms with Crippen molar-refractivity contribution in [2.75, 3.05) is 11.9 Å². The van der Waals surface area contributed by atoms with Crippen molar-refractivity contribution in [2.24, 2.45) is 0 Å². The van der Waals surface area contributed by atoms with Gasteiger partial charge in [0.25, 0.3) is 0 Å². The highest BCUT2D eigenvalue weighted by Gasteiger charge is 2.03. The molecule has 6 heteroatoms. The van der Waals surface area contributed by atoms with E-state index in [9.17, 15) is 0 Å². The van der Waals surface area contributed by atoms with Crippen LogP contribution in [0.3, 0.4) is 0 Å². The third kappa shape index (κ3) is 3.17. The van der Waals surface area contributed by atoms with Gasteiger partial charge in [-0.1, -0.05) is 0 Å². The van der Waals surface area contributed by atoms with E-state index in [1.165, 1.54) is 0 Å². The number of rotatable bonds is 5. The first-order valence-corrected chi connectivity index (χ1v) is 5.48. The molecule has 0 aliphatic heterocycles. The smallest absolute Gasteiger partial charge is 0.226 e. The number of aromatic amines is 1. The molecule has 0 aliphatic carbocycles. The van der Waals surface area contributed by atoms with Gasteiger partial charge in [0.2, 0.25) is 11.8 Å². The number of hydrogen-bond donors (Lipinski definition) is 2. The standard InChI is InChI=1S/C11H15N5O/c1-3-17-10-6-8(2)15-11(16-10)14-7-9-12-4-5-13-9/h4-6H,3,7H2,1-2H3,(H,12,13)(H,14,15,16). The fourth-order valence-electron chi connectivity index (χ4n) is 1.40. The lowest BCUT2D eigenvalue weighted by Crippen LogP contribution is -2.07. The molecule has 2 aromatic rings. The highest BCUT2D eigenvalue weighted by atomic mass is 16.5. The fourth-order valence-corrected chi connectivity index (χ4v) is 1.40. The molecule has 0 spiro atoms. The van der Waals surface area contributed by atoms with Gasteiger partial charge >= 0.3 is 0 Å². The van der Waals surface area contributed by atoms with Gasteiger partial charge in [0.15, 0.2) is 0 Å². The Bertz CT molecular complexity index is 469. The Hall–Kier alpha value is -2.11. The lowest BCUT2D eigenvalue weighted by molar-refractivity contribution is 0.326. The molecule has 0 amide bonds. The minimum Gasteiger partial charge on any atom is -0.478 e. The Morgan fingerprint density at radius 1 is 1.41 bits per heavy atom. The molecule has 2 heterocycles. The number of ether oxygens (including phenoxy) is 1. The highest BCUT2D eigenvalue weighted by Crippen LogP contribution is 2.12. The predicted molar refractivity (Wildman–Crippen MR) is 63.9 cm³/mol. The van der Waals surface area contributed by atoms with Crippen LogP contribution in [0, 0.1) is 6.92 Å². The molecule has 2 rings (SSSR count). The van der Waals surface area contributed by atoms with Crippen LogP contribution in [0.25, 0.3) is 0 Å². The average Bonchev–Trinajstić information content (AvgIpc) is 2.79. The fraction of sp³-hybridized carbons (Fsp3) is 0.364. The van der Waals surface area contributed by atoms with Gasteiger partial charge in [-0.3, -0.25) is 0 Å². The summed E-state index contributed by atoms with van der Waals surface area (Å²) in [5.74, 6) is 1.97. The number of anilines is 1. The van der Waals surface area contributed by atoms with Gasteiger partial charge in [-0.15, -0.1) is 0 Å². The molecular weight excluding hydrogens is 218 g/mol. The largest absolute Gasteiger partial charge is 0.478 e. The molecule has 6 nitrogen and oxygen atoms in total. The van der Waals surface area contributed by atoms with E-state index in [1.807, 2.05) is 19.9 Å². The van der Waals surface area contributed by atoms with E-state index >= 15 is 0 Å². The minimum atomic E-state index is 0.546. The van der Waals surface area contributed by atoms with Crippen molar-refractivity contribution < 1.29 is 4.74 Å². The number of aromatic nitrogens is 4. The second-order valence-corrected chi connectivity index (χ2v) is 3.49. The summed E-state index contributed by atoms with van der Waals surface area (Å²) in [5.41, 5.74) is 0.866. The molecule has 2 aromatic heterocycles. The summed E-state index contributed by atoms with van der Waals surface area (Å²) in [5, 5.41) is 3.09. The van der Waals surface area contributed by atoms with Crippen LogP contribution < -0.4 is 10.1 Å². The number of aryl methyl sites for hydroxylation is 1. The predicted octanol–water partition coefficient (Wildman–Crippen LogP) is 1.52. The van der Waals surface area contributed by atoms with Crippen LogP contribution in [0.4, 0.5) is 5.95 Å². The lowest BCUT2D eigenvalue weighted by Gasteiger charge is -2.07. The highest BCUT2D eigenvalue weighted by molar-refractivity contribution is 5.30. The van der Waals surface area contributed by atoms with Crippen molar-refractivity contribution in [1.29, 1.82) is 0 Å². The Morgan fingerprint density at radius 3 is 3.00 bits per heavy atom. The molecule has 2 N–H and O–H groups in total. The molecule has 17 heavy (non-hydrogen) atoms. The summed E-state index contributed by atoms with van der Waals surface area (Å²) >= 11 is 0. The summed E-state index contributed by atoms with van der Waals surface area (Å²) < 4.78 is 5.35. The van der Waals surface area contributed by atoms with Crippen LogP contribution >= 0.6 is 0 Å². The van der Waals surface area contributed by atoms with Gasteiger partial charge in [0.05, 0.1) is 13.2 Å². The van der Waals surface area contributed by atoms with E-state index in [4.69, 9.17) is 4.74 Å². The first-order valence-electron chi connectivity index (χ1n) is 5.48. The van der Waals surface area contributed by atoms with Gasteiger partial charge in [-0.25, -0.2) is 9.97 Å². The minimum absolute atomic E-state index is 0.546. The Morgan fingerprint density at radius 2 is 2.29 bits per heavy atom. The summed E-state index contributed by atoms with van der Waals surface area (Å²) in [6.45, 7) is 4.98. The van der Waals surface area contributed by atoms with Crippen molar-refractivity contribution in [2.45, 2.75) is 20.4 Å². The zero-order valence-electron chi connectivity index (χ0n) is 9.90. The molecule has 0 aliphatic rings. The van der Waals surface area contributed by atoms with Crippen LogP contribution in [0.5, 0.6) is 5.88 Å². The van der Waals surface area contributed by atoms with Gasteiger partial charge < -0.3 is 15.0 Å². The molecular formula is C11H15N5O. The molecule has 0 saturated heterocycles. The van der Waals surface area contributed by atoms with E-state index in [0.29, 0.717) is 25.0 Å². The molecule has 0 unspecified atom stereocenters.